The summed E-state index contributed by atoms with van der Waals surface area (Å²) >= 11 is 0. The molecular weight excluding hydrogens is 354 g/mol. The summed E-state index contributed by atoms with van der Waals surface area (Å²) in [4.78, 5) is 21.9. The van der Waals surface area contributed by atoms with Gasteiger partial charge in [-0.3, -0.25) is 9.78 Å². The van der Waals surface area contributed by atoms with E-state index in [0.29, 0.717) is 32.0 Å². The first-order valence-corrected chi connectivity index (χ1v) is 9.72. The molecule has 1 aromatic carbocycles. The molecule has 6 heteroatoms. The predicted octanol–water partition coefficient (Wildman–Crippen LogP) is 3.15. The average Bonchev–Trinajstić information content (AvgIpc) is 3.15. The lowest BCUT2D eigenvalue weighted by Gasteiger charge is -2.52. The van der Waals surface area contributed by atoms with E-state index in [1.54, 1.807) is 12.4 Å². The Labute approximate surface area is 163 Å². The number of carbonyl (C=O) groups excluding carboxylic acids is 1. The topological polar surface area (TPSA) is 67.5 Å². The van der Waals surface area contributed by atoms with Gasteiger partial charge in [0.15, 0.2) is 0 Å². The monoisotopic (exact) mass is 377 g/mol. The molecule has 2 aliphatic heterocycles. The molecule has 1 atom stereocenters. The Morgan fingerprint density at radius 2 is 2.07 bits per heavy atom. The van der Waals surface area contributed by atoms with Gasteiger partial charge >= 0.3 is 0 Å². The summed E-state index contributed by atoms with van der Waals surface area (Å²) in [6, 6.07) is 13.8. The highest BCUT2D eigenvalue weighted by atomic mass is 16.5. The van der Waals surface area contributed by atoms with Gasteiger partial charge in [-0.15, -0.1) is 0 Å². The van der Waals surface area contributed by atoms with Crippen LogP contribution in [0.4, 0.5) is 0 Å². The third-order valence-electron chi connectivity index (χ3n) is 5.69. The van der Waals surface area contributed by atoms with Gasteiger partial charge in [-0.05, 0) is 36.2 Å². The fourth-order valence-corrected chi connectivity index (χ4v) is 4.19. The van der Waals surface area contributed by atoms with Crippen molar-refractivity contribution in [3.8, 4) is 0 Å². The van der Waals surface area contributed by atoms with Gasteiger partial charge in [-0.2, -0.15) is 0 Å². The van der Waals surface area contributed by atoms with E-state index >= 15 is 0 Å². The Morgan fingerprint density at radius 3 is 2.89 bits per heavy atom. The van der Waals surface area contributed by atoms with Crippen molar-refractivity contribution in [1.82, 2.24) is 14.9 Å². The lowest BCUT2D eigenvalue weighted by Crippen LogP contribution is -2.67. The second kappa shape index (κ2) is 7.04. The molecule has 1 N–H and O–H groups in total. The molecule has 2 saturated heterocycles. The van der Waals surface area contributed by atoms with E-state index in [0.717, 1.165) is 29.3 Å². The van der Waals surface area contributed by atoms with Gasteiger partial charge in [0.25, 0.3) is 5.91 Å². The Hall–Kier alpha value is -2.70. The van der Waals surface area contributed by atoms with Crippen LogP contribution in [0.1, 0.15) is 28.9 Å². The van der Waals surface area contributed by atoms with Crippen molar-refractivity contribution >= 4 is 16.8 Å². The number of H-pyrrole nitrogens is 1. The van der Waals surface area contributed by atoms with E-state index in [9.17, 15) is 4.79 Å². The van der Waals surface area contributed by atoms with Gasteiger partial charge in [-0.1, -0.05) is 18.2 Å². The van der Waals surface area contributed by atoms with Crippen molar-refractivity contribution in [2.24, 2.45) is 0 Å². The highest BCUT2D eigenvalue weighted by Crippen LogP contribution is 2.36. The third kappa shape index (κ3) is 3.30. The minimum Gasteiger partial charge on any atom is -0.373 e. The van der Waals surface area contributed by atoms with Crippen LogP contribution >= 0.6 is 0 Å². The molecule has 2 fully saturated rings. The number of ether oxygens (including phenoxy) is 2. The number of pyridine rings is 1. The lowest BCUT2D eigenvalue weighted by atomic mass is 9.84. The quantitative estimate of drug-likeness (QED) is 0.758. The second-order valence-electron chi connectivity index (χ2n) is 7.74. The average molecular weight is 377 g/mol. The SMILES string of the molecule is O=C(c1cc2ccccc2[nH]1)N1CC2(C[C@H](OCc3ccncc3)CCO2)C1. The molecule has 1 spiro atoms. The number of nitrogens with one attached hydrogen (secondary N) is 1. The number of para-hydroxylation sites is 1. The van der Waals surface area contributed by atoms with Crippen molar-refractivity contribution in [3.05, 3.63) is 66.1 Å². The summed E-state index contributed by atoms with van der Waals surface area (Å²) in [6.07, 6.45) is 5.44. The molecule has 1 amide bonds. The molecule has 28 heavy (non-hydrogen) atoms. The largest absolute Gasteiger partial charge is 0.373 e. The maximum absolute atomic E-state index is 12.8. The van der Waals surface area contributed by atoms with Gasteiger partial charge in [0.05, 0.1) is 25.8 Å². The van der Waals surface area contributed by atoms with Crippen molar-refractivity contribution in [2.75, 3.05) is 19.7 Å². The van der Waals surface area contributed by atoms with Crippen LogP contribution in [0.2, 0.25) is 0 Å². The molecule has 3 aromatic rings. The zero-order valence-electron chi connectivity index (χ0n) is 15.6. The second-order valence-corrected chi connectivity index (χ2v) is 7.74. The number of amides is 1. The molecule has 0 radical (unpaired) electrons. The van der Waals surface area contributed by atoms with Gasteiger partial charge in [0.2, 0.25) is 0 Å². The molecule has 5 rings (SSSR count). The van der Waals surface area contributed by atoms with Crippen molar-refractivity contribution in [1.29, 1.82) is 0 Å². The van der Waals surface area contributed by atoms with Crippen LogP contribution in [0.15, 0.2) is 54.9 Å². The first kappa shape index (κ1) is 17.4. The Morgan fingerprint density at radius 1 is 1.25 bits per heavy atom. The highest BCUT2D eigenvalue weighted by Gasteiger charge is 2.49. The molecule has 2 aromatic heterocycles. The number of benzene rings is 1. The van der Waals surface area contributed by atoms with Gasteiger partial charge < -0.3 is 19.4 Å². The molecular formula is C22H23N3O3. The van der Waals surface area contributed by atoms with Crippen molar-refractivity contribution in [3.63, 3.8) is 0 Å². The van der Waals surface area contributed by atoms with Crippen molar-refractivity contribution < 1.29 is 14.3 Å². The summed E-state index contributed by atoms with van der Waals surface area (Å²) < 4.78 is 12.2. The first-order valence-electron chi connectivity index (χ1n) is 9.72. The minimum atomic E-state index is -0.261. The zero-order valence-corrected chi connectivity index (χ0v) is 15.6. The standard InChI is InChI=1S/C22H23N3O3/c26-21(20-11-17-3-1-2-4-19(17)24-20)25-14-22(15-25)12-18(7-10-28-22)27-13-16-5-8-23-9-6-16/h1-6,8-9,11,18,24H,7,10,12-15H2/t18-/m1/s1. The number of fused-ring (bicyclic) bond motifs is 1. The molecule has 0 aliphatic carbocycles. The van der Waals surface area contributed by atoms with E-state index in [1.807, 2.05) is 47.4 Å². The van der Waals surface area contributed by atoms with Crippen LogP contribution in [-0.4, -0.2) is 52.2 Å². The number of aromatic amines is 1. The zero-order chi connectivity index (χ0) is 19.0. The Kier molecular flexibility index (Phi) is 4.37. The van der Waals surface area contributed by atoms with Crippen LogP contribution in [0, 0.1) is 0 Å². The molecule has 4 heterocycles. The molecule has 0 bridgehead atoms. The van der Waals surface area contributed by atoms with Gasteiger partial charge in [-0.25, -0.2) is 0 Å². The lowest BCUT2D eigenvalue weighted by molar-refractivity contribution is -0.188. The number of aromatic nitrogens is 2. The van der Waals surface area contributed by atoms with Gasteiger partial charge in [0.1, 0.15) is 11.3 Å². The van der Waals surface area contributed by atoms with Crippen LogP contribution in [0.5, 0.6) is 0 Å². The predicted molar refractivity (Wildman–Crippen MR) is 105 cm³/mol. The normalized spacial score (nSPS) is 21.0. The van der Waals surface area contributed by atoms with E-state index < -0.39 is 0 Å². The van der Waals surface area contributed by atoms with Crippen LogP contribution in [0.3, 0.4) is 0 Å². The number of rotatable bonds is 4. The van der Waals surface area contributed by atoms with Crippen LogP contribution in [0.25, 0.3) is 10.9 Å². The number of carbonyl (C=O) groups is 1. The summed E-state index contributed by atoms with van der Waals surface area (Å²) in [5.74, 6) is 0.0326. The Bertz CT molecular complexity index is 946. The fraction of sp³-hybridized carbons (Fsp3) is 0.364. The van der Waals surface area contributed by atoms with Crippen LogP contribution < -0.4 is 0 Å². The minimum absolute atomic E-state index is 0.0326. The maximum Gasteiger partial charge on any atom is 0.270 e. The number of nitrogens with zero attached hydrogens (tertiary/aromatic N) is 2. The molecule has 2 aliphatic rings. The van der Waals surface area contributed by atoms with E-state index in [1.165, 1.54) is 0 Å². The summed E-state index contributed by atoms with van der Waals surface area (Å²) in [7, 11) is 0. The van der Waals surface area contributed by atoms with Gasteiger partial charge in [0, 0.05) is 36.3 Å². The fourth-order valence-electron chi connectivity index (χ4n) is 4.19. The molecule has 6 nitrogen and oxygen atoms in total. The van der Waals surface area contributed by atoms with Crippen LogP contribution in [-0.2, 0) is 16.1 Å². The maximum atomic E-state index is 12.8. The van der Waals surface area contributed by atoms with Crippen molar-refractivity contribution in [2.45, 2.75) is 31.2 Å². The number of hydrogen-bond donors (Lipinski definition) is 1. The molecule has 0 unspecified atom stereocenters. The molecule has 144 valence electrons. The third-order valence-corrected chi connectivity index (χ3v) is 5.69. The van der Waals surface area contributed by atoms with E-state index in [4.69, 9.17) is 9.47 Å². The first-order chi connectivity index (χ1) is 13.7. The number of hydrogen-bond acceptors (Lipinski definition) is 4. The highest BCUT2D eigenvalue weighted by molar-refractivity contribution is 5.98. The van der Waals surface area contributed by atoms with E-state index in [2.05, 4.69) is 9.97 Å². The smallest absolute Gasteiger partial charge is 0.270 e. The number of likely N-dealkylation sites (tertiary alicyclic amines) is 1. The summed E-state index contributed by atoms with van der Waals surface area (Å²) in [5.41, 5.74) is 2.49. The summed E-state index contributed by atoms with van der Waals surface area (Å²) in [5, 5.41) is 1.06. The molecule has 0 saturated carbocycles. The Balaban J connectivity index is 1.19. The van der Waals surface area contributed by atoms with E-state index in [-0.39, 0.29) is 17.6 Å². The summed E-state index contributed by atoms with van der Waals surface area (Å²) in [6.45, 7) is 2.50.